The van der Waals surface area contributed by atoms with Gasteiger partial charge in [0.2, 0.25) is 0 Å². The van der Waals surface area contributed by atoms with Gasteiger partial charge in [0, 0.05) is 17.0 Å². The maximum Gasteiger partial charge on any atom is 0.195 e. The second-order valence-corrected chi connectivity index (χ2v) is 5.00. The Balaban J connectivity index is 2.86. The Kier molecular flexibility index (Phi) is 3.65. The van der Waals surface area contributed by atoms with Gasteiger partial charge in [-0.1, -0.05) is 13.8 Å². The minimum Gasteiger partial charge on any atom is -0.496 e. The first-order valence-corrected chi connectivity index (χ1v) is 6.62. The van der Waals surface area contributed by atoms with E-state index in [-0.39, 0.29) is 11.3 Å². The molecule has 0 aliphatic heterocycles. The summed E-state index contributed by atoms with van der Waals surface area (Å²) in [5, 5.41) is 0.628. The summed E-state index contributed by atoms with van der Waals surface area (Å²) in [5.74, 6) is 1.77. The van der Waals surface area contributed by atoms with Gasteiger partial charge < -0.3 is 9.15 Å². The standard InChI is InChI=1S/C16H20O3/c1-6-9(2)15-11(4)14(17)12-7-8-13(18-5)10(3)16(12)19-15/h7-9H,6H2,1-5H3. The van der Waals surface area contributed by atoms with Crippen LogP contribution in [-0.2, 0) is 0 Å². The summed E-state index contributed by atoms with van der Waals surface area (Å²) in [6, 6.07) is 3.59. The third-order valence-electron chi connectivity index (χ3n) is 3.80. The lowest BCUT2D eigenvalue weighted by atomic mass is 9.99. The molecule has 1 unspecified atom stereocenters. The highest BCUT2D eigenvalue weighted by molar-refractivity contribution is 5.82. The zero-order chi connectivity index (χ0) is 14.2. The predicted octanol–water partition coefficient (Wildman–Crippen LogP) is 3.93. The van der Waals surface area contributed by atoms with Crippen molar-refractivity contribution < 1.29 is 9.15 Å². The van der Waals surface area contributed by atoms with Gasteiger partial charge in [0.15, 0.2) is 5.43 Å². The van der Waals surface area contributed by atoms with E-state index in [4.69, 9.17) is 9.15 Å². The number of benzene rings is 1. The number of hydrogen-bond acceptors (Lipinski definition) is 3. The van der Waals surface area contributed by atoms with Crippen LogP contribution >= 0.6 is 0 Å². The molecule has 0 aliphatic rings. The van der Waals surface area contributed by atoms with Crippen LogP contribution in [-0.4, -0.2) is 7.11 Å². The van der Waals surface area contributed by atoms with Crippen LogP contribution in [0.1, 0.15) is 43.1 Å². The zero-order valence-corrected chi connectivity index (χ0v) is 12.2. The van der Waals surface area contributed by atoms with Crippen molar-refractivity contribution in [2.24, 2.45) is 0 Å². The molecule has 19 heavy (non-hydrogen) atoms. The molecule has 1 atom stereocenters. The van der Waals surface area contributed by atoms with Crippen molar-refractivity contribution in [3.05, 3.63) is 39.2 Å². The molecule has 1 heterocycles. The molecule has 0 saturated carbocycles. The third kappa shape index (κ3) is 2.14. The lowest BCUT2D eigenvalue weighted by molar-refractivity contribution is 0.409. The van der Waals surface area contributed by atoms with E-state index in [9.17, 15) is 4.79 Å². The third-order valence-corrected chi connectivity index (χ3v) is 3.80. The van der Waals surface area contributed by atoms with E-state index in [1.807, 2.05) is 19.9 Å². The normalized spacial score (nSPS) is 12.7. The highest BCUT2D eigenvalue weighted by Gasteiger charge is 2.17. The number of fused-ring (bicyclic) bond motifs is 1. The van der Waals surface area contributed by atoms with E-state index < -0.39 is 0 Å². The van der Waals surface area contributed by atoms with Crippen molar-refractivity contribution in [1.29, 1.82) is 0 Å². The van der Waals surface area contributed by atoms with Crippen LogP contribution in [0.2, 0.25) is 0 Å². The molecule has 1 aromatic heterocycles. The van der Waals surface area contributed by atoms with Crippen molar-refractivity contribution in [3.8, 4) is 5.75 Å². The van der Waals surface area contributed by atoms with E-state index in [2.05, 4.69) is 13.8 Å². The molecular formula is C16H20O3. The van der Waals surface area contributed by atoms with Crippen LogP contribution in [0.3, 0.4) is 0 Å². The maximum atomic E-state index is 12.4. The Morgan fingerprint density at radius 1 is 1.26 bits per heavy atom. The first-order chi connectivity index (χ1) is 9.01. The summed E-state index contributed by atoms with van der Waals surface area (Å²) in [7, 11) is 1.62. The number of rotatable bonds is 3. The smallest absolute Gasteiger partial charge is 0.195 e. The first kappa shape index (κ1) is 13.7. The lowest BCUT2D eigenvalue weighted by Crippen LogP contribution is -2.11. The molecule has 2 aromatic rings. The molecule has 3 heteroatoms. The van der Waals surface area contributed by atoms with Gasteiger partial charge in [-0.3, -0.25) is 4.79 Å². The van der Waals surface area contributed by atoms with Crippen LogP contribution in [0.25, 0.3) is 11.0 Å². The highest BCUT2D eigenvalue weighted by atomic mass is 16.5. The maximum absolute atomic E-state index is 12.4. The molecule has 0 saturated heterocycles. The number of methoxy groups -OCH3 is 1. The van der Waals surface area contributed by atoms with Gasteiger partial charge >= 0.3 is 0 Å². The van der Waals surface area contributed by atoms with Crippen molar-refractivity contribution in [2.75, 3.05) is 7.11 Å². The fourth-order valence-electron chi connectivity index (χ4n) is 2.36. The Bertz CT molecular complexity index is 668. The number of aryl methyl sites for hydroxylation is 1. The largest absolute Gasteiger partial charge is 0.496 e. The SMILES string of the molecule is CCC(C)c1oc2c(C)c(OC)ccc2c(=O)c1C. The molecule has 0 amide bonds. The van der Waals surface area contributed by atoms with Crippen LogP contribution in [0.15, 0.2) is 21.3 Å². The molecule has 0 fully saturated rings. The Labute approximate surface area is 113 Å². The molecule has 3 nitrogen and oxygen atoms in total. The second-order valence-electron chi connectivity index (χ2n) is 5.00. The monoisotopic (exact) mass is 260 g/mol. The summed E-state index contributed by atoms with van der Waals surface area (Å²) < 4.78 is 11.3. The number of ether oxygens (including phenoxy) is 1. The summed E-state index contributed by atoms with van der Waals surface area (Å²) >= 11 is 0. The van der Waals surface area contributed by atoms with Crippen molar-refractivity contribution in [3.63, 3.8) is 0 Å². The molecule has 0 N–H and O–H groups in total. The fourth-order valence-corrected chi connectivity index (χ4v) is 2.36. The molecule has 0 bridgehead atoms. The van der Waals surface area contributed by atoms with Gasteiger partial charge in [-0.15, -0.1) is 0 Å². The lowest BCUT2D eigenvalue weighted by Gasteiger charge is -2.14. The molecule has 102 valence electrons. The highest BCUT2D eigenvalue weighted by Crippen LogP contribution is 2.30. The minimum atomic E-state index is 0.0577. The molecular weight excluding hydrogens is 240 g/mol. The predicted molar refractivity (Wildman–Crippen MR) is 77.2 cm³/mol. The molecule has 0 radical (unpaired) electrons. The summed E-state index contributed by atoms with van der Waals surface area (Å²) in [6.07, 6.45) is 0.943. The zero-order valence-electron chi connectivity index (χ0n) is 12.2. The Morgan fingerprint density at radius 3 is 2.53 bits per heavy atom. The van der Waals surface area contributed by atoms with Crippen LogP contribution in [0, 0.1) is 13.8 Å². The van der Waals surface area contributed by atoms with Crippen molar-refractivity contribution in [2.45, 2.75) is 40.0 Å². The molecule has 1 aromatic carbocycles. The van der Waals surface area contributed by atoms with E-state index in [0.717, 1.165) is 23.5 Å². The topological polar surface area (TPSA) is 39.4 Å². The van der Waals surface area contributed by atoms with Gasteiger partial charge in [0.05, 0.1) is 12.5 Å². The fraction of sp³-hybridized carbons (Fsp3) is 0.438. The average molecular weight is 260 g/mol. The average Bonchev–Trinajstić information content (AvgIpc) is 2.42. The van der Waals surface area contributed by atoms with Crippen molar-refractivity contribution >= 4 is 11.0 Å². The van der Waals surface area contributed by atoms with Crippen molar-refractivity contribution in [1.82, 2.24) is 0 Å². The van der Waals surface area contributed by atoms with Gasteiger partial charge in [0.25, 0.3) is 0 Å². The minimum absolute atomic E-state index is 0.0577. The molecule has 0 aliphatic carbocycles. The van der Waals surface area contributed by atoms with Gasteiger partial charge in [-0.25, -0.2) is 0 Å². The Hall–Kier alpha value is -1.77. The van der Waals surface area contributed by atoms with E-state index in [1.165, 1.54) is 0 Å². The van der Waals surface area contributed by atoms with Crippen LogP contribution in [0.5, 0.6) is 5.75 Å². The van der Waals surface area contributed by atoms with E-state index in [0.29, 0.717) is 16.5 Å². The second kappa shape index (κ2) is 5.08. The number of hydrogen-bond donors (Lipinski definition) is 0. The van der Waals surface area contributed by atoms with Crippen LogP contribution < -0.4 is 10.2 Å². The van der Waals surface area contributed by atoms with Crippen LogP contribution in [0.4, 0.5) is 0 Å². The Morgan fingerprint density at radius 2 is 1.95 bits per heavy atom. The quantitative estimate of drug-likeness (QED) is 0.839. The van der Waals surface area contributed by atoms with Gasteiger partial charge in [-0.05, 0) is 32.4 Å². The van der Waals surface area contributed by atoms with Gasteiger partial charge in [0.1, 0.15) is 17.1 Å². The molecule has 0 spiro atoms. The van der Waals surface area contributed by atoms with E-state index in [1.54, 1.807) is 13.2 Å². The summed E-state index contributed by atoms with van der Waals surface area (Å²) in [5.41, 5.74) is 2.29. The summed E-state index contributed by atoms with van der Waals surface area (Å²) in [4.78, 5) is 12.4. The molecule has 2 rings (SSSR count). The first-order valence-electron chi connectivity index (χ1n) is 6.62. The summed E-state index contributed by atoms with van der Waals surface area (Å²) in [6.45, 7) is 7.92. The van der Waals surface area contributed by atoms with Gasteiger partial charge in [-0.2, -0.15) is 0 Å². The van der Waals surface area contributed by atoms with E-state index >= 15 is 0 Å².